The van der Waals surface area contributed by atoms with E-state index in [9.17, 15) is 13.2 Å². The number of aryl methyl sites for hydroxylation is 1. The number of nitrogens with zero attached hydrogens (tertiary/aromatic N) is 1. The standard InChI is InChI=1S/C20H27N3O3S2/c1-12-5-3-4-6-15(12)21-19(24)14-8-7-13(2)16(9-14)22-20-23-17-10-28(25,26)11-18(17)27-20/h7-9,12,15,17-18H,3-6,10-11H2,1-2H3,(H,21,24)(H,22,23)/t12-,15+,17-,18+/m0/s1. The first-order valence-electron chi connectivity index (χ1n) is 9.94. The number of anilines is 1. The van der Waals surface area contributed by atoms with E-state index in [1.807, 2.05) is 25.1 Å². The van der Waals surface area contributed by atoms with Gasteiger partial charge < -0.3 is 10.6 Å². The largest absolute Gasteiger partial charge is 0.349 e. The van der Waals surface area contributed by atoms with Crippen LogP contribution in [0.2, 0.25) is 0 Å². The topological polar surface area (TPSA) is 87.6 Å². The lowest BCUT2D eigenvalue weighted by Gasteiger charge is -2.29. The predicted octanol–water partition coefficient (Wildman–Crippen LogP) is 2.98. The molecule has 0 spiro atoms. The Morgan fingerprint density at radius 2 is 2.00 bits per heavy atom. The second-order valence-corrected chi connectivity index (χ2v) is 11.6. The maximum absolute atomic E-state index is 12.7. The summed E-state index contributed by atoms with van der Waals surface area (Å²) in [7, 11) is -2.96. The molecule has 0 unspecified atom stereocenters. The van der Waals surface area contributed by atoms with Crippen molar-refractivity contribution in [2.75, 3.05) is 16.8 Å². The summed E-state index contributed by atoms with van der Waals surface area (Å²) < 4.78 is 23.4. The van der Waals surface area contributed by atoms with E-state index in [1.54, 1.807) is 0 Å². The number of rotatable bonds is 3. The summed E-state index contributed by atoms with van der Waals surface area (Å²) in [5.41, 5.74) is 2.51. The van der Waals surface area contributed by atoms with E-state index in [2.05, 4.69) is 22.5 Å². The quantitative estimate of drug-likeness (QED) is 0.783. The van der Waals surface area contributed by atoms with Crippen LogP contribution in [0.25, 0.3) is 0 Å². The molecule has 0 bridgehead atoms. The summed E-state index contributed by atoms with van der Waals surface area (Å²) in [5.74, 6) is 0.806. The maximum atomic E-state index is 12.7. The van der Waals surface area contributed by atoms with E-state index in [1.165, 1.54) is 31.0 Å². The molecule has 1 saturated heterocycles. The highest BCUT2D eigenvalue weighted by Gasteiger charge is 2.42. The third-order valence-corrected chi connectivity index (χ3v) is 9.13. The molecule has 4 rings (SSSR count). The Hall–Kier alpha value is -1.54. The molecule has 1 aliphatic carbocycles. The van der Waals surface area contributed by atoms with Crippen molar-refractivity contribution in [3.8, 4) is 0 Å². The van der Waals surface area contributed by atoms with E-state index >= 15 is 0 Å². The van der Waals surface area contributed by atoms with Gasteiger partial charge in [0.1, 0.15) is 0 Å². The molecular formula is C20H27N3O3S2. The van der Waals surface area contributed by atoms with E-state index in [4.69, 9.17) is 0 Å². The first kappa shape index (κ1) is 19.8. The molecule has 0 radical (unpaired) electrons. The summed E-state index contributed by atoms with van der Waals surface area (Å²) in [6.45, 7) is 4.19. The van der Waals surface area contributed by atoms with Crippen molar-refractivity contribution in [3.63, 3.8) is 0 Å². The third kappa shape index (κ3) is 4.22. The molecule has 1 amide bonds. The lowest BCUT2D eigenvalue weighted by molar-refractivity contribution is 0.0910. The Labute approximate surface area is 170 Å². The van der Waals surface area contributed by atoms with Crippen LogP contribution >= 0.6 is 11.8 Å². The van der Waals surface area contributed by atoms with E-state index in [-0.39, 0.29) is 34.7 Å². The summed E-state index contributed by atoms with van der Waals surface area (Å²) in [5, 5.41) is 7.26. The smallest absolute Gasteiger partial charge is 0.251 e. The molecule has 0 aromatic heterocycles. The van der Waals surface area contributed by atoms with E-state index < -0.39 is 9.84 Å². The first-order chi connectivity index (χ1) is 13.3. The highest BCUT2D eigenvalue weighted by atomic mass is 32.2. The van der Waals surface area contributed by atoms with Crippen LogP contribution in [0.15, 0.2) is 23.2 Å². The highest BCUT2D eigenvalue weighted by Crippen LogP contribution is 2.35. The summed E-state index contributed by atoms with van der Waals surface area (Å²) >= 11 is 1.49. The Morgan fingerprint density at radius 1 is 1.21 bits per heavy atom. The zero-order valence-electron chi connectivity index (χ0n) is 16.3. The van der Waals surface area contributed by atoms with Gasteiger partial charge in [-0.1, -0.05) is 37.6 Å². The lowest BCUT2D eigenvalue weighted by atomic mass is 9.86. The summed E-state index contributed by atoms with van der Waals surface area (Å²) in [6, 6.07) is 5.75. The molecule has 152 valence electrons. The van der Waals surface area contributed by atoms with Gasteiger partial charge in [0.05, 0.1) is 17.5 Å². The van der Waals surface area contributed by atoms with Gasteiger partial charge in [-0.25, -0.2) is 8.42 Å². The Kier molecular flexibility index (Phi) is 5.44. The van der Waals surface area contributed by atoms with Crippen molar-refractivity contribution in [2.45, 2.75) is 56.9 Å². The van der Waals surface area contributed by atoms with E-state index in [0.717, 1.165) is 22.8 Å². The van der Waals surface area contributed by atoms with Crippen molar-refractivity contribution < 1.29 is 13.2 Å². The van der Waals surface area contributed by atoms with Gasteiger partial charge in [0.15, 0.2) is 15.0 Å². The van der Waals surface area contributed by atoms with Crippen LogP contribution in [0, 0.1) is 12.8 Å². The third-order valence-electron chi connectivity index (χ3n) is 5.99. The van der Waals surface area contributed by atoms with Gasteiger partial charge in [-0.15, -0.1) is 0 Å². The van der Waals surface area contributed by atoms with Crippen LogP contribution < -0.4 is 10.6 Å². The molecule has 4 atom stereocenters. The van der Waals surface area contributed by atoms with E-state index in [0.29, 0.717) is 11.5 Å². The molecule has 3 aliphatic rings. The first-order valence-corrected chi connectivity index (χ1v) is 12.6. The maximum Gasteiger partial charge on any atom is 0.251 e. The molecule has 1 saturated carbocycles. The molecule has 8 heteroatoms. The van der Waals surface area contributed by atoms with Crippen molar-refractivity contribution in [1.82, 2.24) is 5.32 Å². The number of amides is 1. The number of carbonyl (C=O) groups is 1. The van der Waals surface area contributed by atoms with Gasteiger partial charge in [0, 0.05) is 22.5 Å². The number of fused-ring (bicyclic) bond motifs is 1. The van der Waals surface area contributed by atoms with Gasteiger partial charge >= 0.3 is 0 Å². The molecule has 2 N–H and O–H groups in total. The zero-order valence-corrected chi connectivity index (χ0v) is 17.9. The van der Waals surface area contributed by atoms with Crippen LogP contribution in [0.5, 0.6) is 0 Å². The second-order valence-electron chi connectivity index (χ2n) is 8.23. The number of thioether (sulfide) groups is 1. The van der Waals surface area contributed by atoms with Crippen molar-refractivity contribution in [2.24, 2.45) is 10.9 Å². The highest BCUT2D eigenvalue weighted by molar-refractivity contribution is 8.15. The molecule has 2 fully saturated rings. The van der Waals surface area contributed by atoms with Crippen LogP contribution in [-0.4, -0.2) is 48.3 Å². The average molecular weight is 422 g/mol. The number of sulfone groups is 1. The summed E-state index contributed by atoms with van der Waals surface area (Å²) in [4.78, 5) is 17.3. The number of hydrogen-bond donors (Lipinski definition) is 2. The number of hydrogen-bond acceptors (Lipinski definition) is 6. The number of benzene rings is 1. The van der Waals surface area contributed by atoms with Crippen molar-refractivity contribution in [3.05, 3.63) is 29.3 Å². The normalized spacial score (nSPS) is 31.1. The Balaban J connectivity index is 1.45. The van der Waals surface area contributed by atoms with Crippen molar-refractivity contribution >= 4 is 38.4 Å². The molecule has 2 aliphatic heterocycles. The van der Waals surface area contributed by atoms with Gasteiger partial charge in [0.25, 0.3) is 5.91 Å². The minimum Gasteiger partial charge on any atom is -0.349 e. The molecule has 6 nitrogen and oxygen atoms in total. The number of amidine groups is 1. The van der Waals surface area contributed by atoms with Crippen molar-refractivity contribution in [1.29, 1.82) is 0 Å². The molecule has 2 heterocycles. The van der Waals surface area contributed by atoms with Gasteiger partial charge in [-0.2, -0.15) is 0 Å². The van der Waals surface area contributed by atoms with Crippen LogP contribution in [0.1, 0.15) is 48.5 Å². The molecular weight excluding hydrogens is 394 g/mol. The molecule has 28 heavy (non-hydrogen) atoms. The summed E-state index contributed by atoms with van der Waals surface area (Å²) in [6.07, 6.45) is 4.63. The minimum absolute atomic E-state index is 0.00655. The lowest BCUT2D eigenvalue weighted by Crippen LogP contribution is -2.41. The van der Waals surface area contributed by atoms with Gasteiger partial charge in [0.2, 0.25) is 0 Å². The second kappa shape index (κ2) is 7.71. The van der Waals surface area contributed by atoms with Gasteiger partial charge in [-0.05, 0) is 43.4 Å². The number of carbonyl (C=O) groups excluding carboxylic acids is 1. The Bertz CT molecular complexity index is 913. The fraction of sp³-hybridized carbons (Fsp3) is 0.600. The number of aliphatic imine (C=N–C) groups is 1. The van der Waals surface area contributed by atoms with Gasteiger partial charge in [-0.3, -0.25) is 9.79 Å². The minimum atomic E-state index is -2.96. The number of nitrogens with one attached hydrogen (secondary N) is 2. The fourth-order valence-electron chi connectivity index (χ4n) is 4.21. The van der Waals surface area contributed by atoms with Crippen LogP contribution in [0.4, 0.5) is 5.69 Å². The average Bonchev–Trinajstić information content (AvgIpc) is 3.11. The predicted molar refractivity (Wildman–Crippen MR) is 115 cm³/mol. The molecule has 1 aromatic rings. The van der Waals surface area contributed by atoms with Crippen LogP contribution in [-0.2, 0) is 9.84 Å². The Morgan fingerprint density at radius 3 is 2.75 bits per heavy atom. The van der Waals surface area contributed by atoms with Crippen LogP contribution in [0.3, 0.4) is 0 Å². The monoisotopic (exact) mass is 421 g/mol. The zero-order chi connectivity index (χ0) is 19.9. The SMILES string of the molecule is Cc1ccc(C(=O)N[C@@H]2CCCC[C@@H]2C)cc1NC1=N[C@H]2CS(=O)(=O)C[C@H]2S1. The molecule has 1 aromatic carbocycles. The fourth-order valence-corrected chi connectivity index (χ4v) is 7.88.